The van der Waals surface area contributed by atoms with Crippen molar-refractivity contribution in [2.24, 2.45) is 0 Å². The number of carbonyl (C=O) groups excluding carboxylic acids is 1. The molecule has 0 amide bonds. The van der Waals surface area contributed by atoms with E-state index in [1.807, 2.05) is 30.3 Å². The molecule has 20 heavy (non-hydrogen) atoms. The molecular weight excluding hydrogens is 248 g/mol. The average molecular weight is 262 g/mol. The number of carbonyl (C=O) groups is 1. The highest BCUT2D eigenvalue weighted by Gasteiger charge is 2.22. The molecule has 0 unspecified atom stereocenters. The number of aromatic nitrogens is 2. The number of allylic oxidation sites excluding steroid dienone is 2. The predicted molar refractivity (Wildman–Crippen MR) is 78.7 cm³/mol. The second-order valence-corrected chi connectivity index (χ2v) is 4.71. The lowest BCUT2D eigenvalue weighted by atomic mass is 10.0. The number of Topliss-reactive ketones (excluding diaryl/α,β-unsaturated/α-hetero) is 1. The minimum atomic E-state index is 0.210. The van der Waals surface area contributed by atoms with Crippen LogP contribution in [0.15, 0.2) is 60.2 Å². The topological polar surface area (TPSA) is 42.9 Å². The monoisotopic (exact) mass is 262 g/mol. The van der Waals surface area contributed by atoms with E-state index < -0.39 is 0 Å². The van der Waals surface area contributed by atoms with E-state index in [2.05, 4.69) is 16.0 Å². The summed E-state index contributed by atoms with van der Waals surface area (Å²) < 4.78 is 0. The molecule has 0 atom stereocenters. The third-order valence-corrected chi connectivity index (χ3v) is 3.33. The van der Waals surface area contributed by atoms with Gasteiger partial charge in [0.1, 0.15) is 0 Å². The minimum absolute atomic E-state index is 0.210. The largest absolute Gasteiger partial charge is 0.294 e. The number of nitrogens with zero attached hydrogens (tertiary/aromatic N) is 2. The van der Waals surface area contributed by atoms with Crippen LogP contribution in [0.4, 0.5) is 0 Å². The van der Waals surface area contributed by atoms with Gasteiger partial charge < -0.3 is 0 Å². The molecule has 1 aliphatic carbocycles. The van der Waals surface area contributed by atoms with E-state index in [1.165, 1.54) is 0 Å². The van der Waals surface area contributed by atoms with Crippen molar-refractivity contribution >= 4 is 17.9 Å². The maximum atomic E-state index is 12.0. The van der Waals surface area contributed by atoms with E-state index in [1.54, 1.807) is 24.8 Å². The van der Waals surface area contributed by atoms with E-state index in [9.17, 15) is 4.79 Å². The summed E-state index contributed by atoms with van der Waals surface area (Å²) in [6.45, 7) is 0. The molecule has 1 aliphatic rings. The number of pyridine rings is 2. The van der Waals surface area contributed by atoms with Crippen LogP contribution in [0.1, 0.15) is 24.0 Å². The van der Waals surface area contributed by atoms with E-state index in [-0.39, 0.29) is 5.78 Å². The van der Waals surface area contributed by atoms with Gasteiger partial charge in [-0.3, -0.25) is 14.8 Å². The maximum absolute atomic E-state index is 12.0. The summed E-state index contributed by atoms with van der Waals surface area (Å²) in [5.41, 5.74) is 3.99. The molecule has 3 nitrogen and oxygen atoms in total. The van der Waals surface area contributed by atoms with Gasteiger partial charge in [0.05, 0.1) is 0 Å². The third kappa shape index (κ3) is 2.72. The van der Waals surface area contributed by atoms with Gasteiger partial charge in [-0.2, -0.15) is 0 Å². The Hall–Kier alpha value is -2.55. The summed E-state index contributed by atoms with van der Waals surface area (Å²) in [5, 5.41) is 0. The van der Waals surface area contributed by atoms with Gasteiger partial charge in [-0.05, 0) is 53.5 Å². The first kappa shape index (κ1) is 12.5. The SMILES string of the molecule is O=C1CCC(=Cc2ccncc2)C1=Cc1ccncc1. The van der Waals surface area contributed by atoms with Crippen molar-refractivity contribution in [3.63, 3.8) is 0 Å². The first-order chi connectivity index (χ1) is 9.83. The summed E-state index contributed by atoms with van der Waals surface area (Å²) >= 11 is 0. The van der Waals surface area contributed by atoms with Crippen molar-refractivity contribution in [2.75, 3.05) is 0 Å². The highest BCUT2D eigenvalue weighted by Crippen LogP contribution is 2.30. The summed E-state index contributed by atoms with van der Waals surface area (Å²) in [6, 6.07) is 7.70. The molecule has 0 bridgehead atoms. The lowest BCUT2D eigenvalue weighted by Crippen LogP contribution is -1.93. The Morgan fingerprint density at radius 3 is 1.95 bits per heavy atom. The van der Waals surface area contributed by atoms with Crippen molar-refractivity contribution in [1.29, 1.82) is 0 Å². The fourth-order valence-electron chi connectivity index (χ4n) is 2.31. The van der Waals surface area contributed by atoms with Gasteiger partial charge in [-0.25, -0.2) is 0 Å². The molecule has 0 aromatic carbocycles. The van der Waals surface area contributed by atoms with Crippen molar-refractivity contribution in [1.82, 2.24) is 9.97 Å². The van der Waals surface area contributed by atoms with Crippen LogP contribution in [-0.4, -0.2) is 15.8 Å². The second-order valence-electron chi connectivity index (χ2n) is 4.71. The predicted octanol–water partition coefficient (Wildman–Crippen LogP) is 3.31. The first-order valence-corrected chi connectivity index (χ1v) is 6.59. The van der Waals surface area contributed by atoms with Crippen LogP contribution in [-0.2, 0) is 4.79 Å². The Kier molecular flexibility index (Phi) is 3.50. The van der Waals surface area contributed by atoms with Crippen molar-refractivity contribution in [2.45, 2.75) is 12.8 Å². The number of hydrogen-bond acceptors (Lipinski definition) is 3. The Balaban J connectivity index is 1.97. The quantitative estimate of drug-likeness (QED) is 0.780. The van der Waals surface area contributed by atoms with Crippen LogP contribution in [0, 0.1) is 0 Å². The molecule has 1 saturated carbocycles. The van der Waals surface area contributed by atoms with E-state index in [4.69, 9.17) is 0 Å². The fourth-order valence-corrected chi connectivity index (χ4v) is 2.31. The molecule has 0 saturated heterocycles. The number of hydrogen-bond donors (Lipinski definition) is 0. The fraction of sp³-hybridized carbons (Fsp3) is 0.118. The smallest absolute Gasteiger partial charge is 0.163 e. The maximum Gasteiger partial charge on any atom is 0.163 e. The van der Waals surface area contributed by atoms with Crippen molar-refractivity contribution < 1.29 is 4.79 Å². The lowest BCUT2D eigenvalue weighted by molar-refractivity contribution is -0.114. The van der Waals surface area contributed by atoms with Gasteiger partial charge >= 0.3 is 0 Å². The van der Waals surface area contributed by atoms with Crippen LogP contribution < -0.4 is 0 Å². The van der Waals surface area contributed by atoms with Gasteiger partial charge in [-0.1, -0.05) is 6.08 Å². The molecule has 2 heterocycles. The highest BCUT2D eigenvalue weighted by atomic mass is 16.1. The Morgan fingerprint density at radius 2 is 1.35 bits per heavy atom. The van der Waals surface area contributed by atoms with Crippen LogP contribution in [0.2, 0.25) is 0 Å². The molecular formula is C17H14N2O. The third-order valence-electron chi connectivity index (χ3n) is 3.33. The van der Waals surface area contributed by atoms with Crippen LogP contribution in [0.25, 0.3) is 12.2 Å². The van der Waals surface area contributed by atoms with Crippen LogP contribution >= 0.6 is 0 Å². The molecule has 0 spiro atoms. The molecule has 2 aromatic rings. The van der Waals surface area contributed by atoms with E-state index >= 15 is 0 Å². The van der Waals surface area contributed by atoms with Gasteiger partial charge in [0.2, 0.25) is 0 Å². The number of rotatable bonds is 2. The minimum Gasteiger partial charge on any atom is -0.294 e. The van der Waals surface area contributed by atoms with Gasteiger partial charge in [0.25, 0.3) is 0 Å². The zero-order valence-corrected chi connectivity index (χ0v) is 11.0. The summed E-state index contributed by atoms with van der Waals surface area (Å²) in [7, 11) is 0. The van der Waals surface area contributed by atoms with Crippen LogP contribution in [0.5, 0.6) is 0 Å². The molecule has 2 aromatic heterocycles. The Labute approximate surface area is 117 Å². The van der Waals surface area contributed by atoms with Crippen LogP contribution in [0.3, 0.4) is 0 Å². The van der Waals surface area contributed by atoms with Gasteiger partial charge in [0, 0.05) is 36.8 Å². The molecule has 3 rings (SSSR count). The molecule has 0 N–H and O–H groups in total. The first-order valence-electron chi connectivity index (χ1n) is 6.59. The zero-order chi connectivity index (χ0) is 13.8. The van der Waals surface area contributed by atoms with E-state index in [0.717, 1.165) is 28.7 Å². The molecule has 1 fully saturated rings. The molecule has 0 aliphatic heterocycles. The molecule has 98 valence electrons. The summed E-state index contributed by atoms with van der Waals surface area (Å²) in [6.07, 6.45) is 12.4. The van der Waals surface area contributed by atoms with Gasteiger partial charge in [-0.15, -0.1) is 0 Å². The zero-order valence-electron chi connectivity index (χ0n) is 11.0. The summed E-state index contributed by atoms with van der Waals surface area (Å²) in [5.74, 6) is 0.210. The Morgan fingerprint density at radius 1 is 0.800 bits per heavy atom. The Bertz CT molecular complexity index is 673. The molecule has 3 heteroatoms. The van der Waals surface area contributed by atoms with Crippen molar-refractivity contribution in [3.8, 4) is 0 Å². The normalized spacial score (nSPS) is 18.9. The lowest BCUT2D eigenvalue weighted by Gasteiger charge is -2.01. The van der Waals surface area contributed by atoms with Gasteiger partial charge in [0.15, 0.2) is 5.78 Å². The summed E-state index contributed by atoms with van der Waals surface area (Å²) in [4.78, 5) is 20.0. The van der Waals surface area contributed by atoms with Crippen molar-refractivity contribution in [3.05, 3.63) is 71.3 Å². The second kappa shape index (κ2) is 5.61. The standard InChI is InChI=1S/C17H14N2O/c20-17-2-1-15(11-13-3-7-18-8-4-13)16(17)12-14-5-9-19-10-6-14/h3-12H,1-2H2. The van der Waals surface area contributed by atoms with E-state index in [0.29, 0.717) is 6.42 Å². The average Bonchev–Trinajstić information content (AvgIpc) is 2.83. The number of ketones is 1. The molecule has 0 radical (unpaired) electrons. The highest BCUT2D eigenvalue weighted by molar-refractivity contribution is 6.07.